The van der Waals surface area contributed by atoms with Gasteiger partial charge < -0.3 is 15.9 Å². The number of aliphatic hydroxyl groups excluding tert-OH is 2. The van der Waals surface area contributed by atoms with Crippen LogP contribution < -0.4 is 5.73 Å². The maximum atomic E-state index is 9.11. The number of nitrogens with two attached hydrogens (primary N) is 1. The zero-order valence-corrected chi connectivity index (χ0v) is 18.5. The van der Waals surface area contributed by atoms with Crippen LogP contribution in [0.4, 0.5) is 0 Å². The second-order valence-corrected chi connectivity index (χ2v) is 8.72. The summed E-state index contributed by atoms with van der Waals surface area (Å²) in [6.07, 6.45) is 25.6. The molecular weight excluding hydrogens is 334 g/mol. The second kappa shape index (κ2) is 20.6. The fraction of sp³-hybridized carbons (Fsp3) is 1.00. The lowest BCUT2D eigenvalue weighted by atomic mass is 9.87. The summed E-state index contributed by atoms with van der Waals surface area (Å²) in [6.45, 7) is 2.52. The van der Waals surface area contributed by atoms with Gasteiger partial charge in [-0.1, -0.05) is 116 Å². The van der Waals surface area contributed by atoms with Crippen molar-refractivity contribution in [1.82, 2.24) is 0 Å². The van der Waals surface area contributed by atoms with Crippen molar-refractivity contribution in [2.45, 2.75) is 141 Å². The molecule has 0 heterocycles. The standard InChI is InChI=1S/C24H51NO2/c1-2-3-4-5-6-7-8-9-10-11-12-13-14-15-16-17-18-19-24(25,20-22-26)21-23-27/h26-27H,2-23,25H2,1H3. The van der Waals surface area contributed by atoms with E-state index >= 15 is 0 Å². The molecule has 3 nitrogen and oxygen atoms in total. The van der Waals surface area contributed by atoms with Crippen LogP contribution in [0.5, 0.6) is 0 Å². The first-order valence-electron chi connectivity index (χ1n) is 12.2. The van der Waals surface area contributed by atoms with Crippen LogP contribution in [-0.4, -0.2) is 29.0 Å². The van der Waals surface area contributed by atoms with Gasteiger partial charge in [0.25, 0.3) is 0 Å². The first kappa shape index (κ1) is 26.9. The van der Waals surface area contributed by atoms with E-state index in [-0.39, 0.29) is 18.8 Å². The highest BCUT2D eigenvalue weighted by Gasteiger charge is 2.22. The molecule has 0 radical (unpaired) electrons. The predicted molar refractivity (Wildman–Crippen MR) is 119 cm³/mol. The molecule has 0 aliphatic heterocycles. The highest BCUT2D eigenvalue weighted by Crippen LogP contribution is 2.21. The van der Waals surface area contributed by atoms with Crippen LogP contribution in [0.15, 0.2) is 0 Å². The van der Waals surface area contributed by atoms with Crippen molar-refractivity contribution < 1.29 is 10.2 Å². The van der Waals surface area contributed by atoms with Crippen molar-refractivity contribution in [2.24, 2.45) is 5.73 Å². The molecule has 0 saturated heterocycles. The molecule has 0 unspecified atom stereocenters. The molecule has 0 aromatic rings. The predicted octanol–water partition coefficient (Wildman–Crippen LogP) is 6.49. The van der Waals surface area contributed by atoms with Crippen molar-refractivity contribution in [1.29, 1.82) is 0 Å². The summed E-state index contributed by atoms with van der Waals surface area (Å²) >= 11 is 0. The summed E-state index contributed by atoms with van der Waals surface area (Å²) in [7, 11) is 0. The quantitative estimate of drug-likeness (QED) is 0.187. The van der Waals surface area contributed by atoms with Gasteiger partial charge in [0.2, 0.25) is 0 Å². The van der Waals surface area contributed by atoms with Crippen LogP contribution >= 0.6 is 0 Å². The molecule has 164 valence electrons. The minimum atomic E-state index is -0.362. The lowest BCUT2D eigenvalue weighted by Gasteiger charge is -2.28. The van der Waals surface area contributed by atoms with Gasteiger partial charge in [-0.15, -0.1) is 0 Å². The van der Waals surface area contributed by atoms with Gasteiger partial charge in [0, 0.05) is 18.8 Å². The maximum absolute atomic E-state index is 9.11. The van der Waals surface area contributed by atoms with E-state index in [9.17, 15) is 0 Å². The Bertz CT molecular complexity index is 278. The Morgan fingerprint density at radius 3 is 1.07 bits per heavy atom. The molecule has 3 heteroatoms. The lowest BCUT2D eigenvalue weighted by molar-refractivity contribution is 0.183. The number of hydrogen-bond donors (Lipinski definition) is 3. The zero-order chi connectivity index (χ0) is 20.1. The zero-order valence-electron chi connectivity index (χ0n) is 18.5. The fourth-order valence-corrected chi connectivity index (χ4v) is 4.02. The Hall–Kier alpha value is -0.120. The third kappa shape index (κ3) is 19.0. The molecule has 4 N–H and O–H groups in total. The smallest absolute Gasteiger partial charge is 0.0448 e. The van der Waals surface area contributed by atoms with Crippen molar-refractivity contribution in [3.8, 4) is 0 Å². The van der Waals surface area contributed by atoms with E-state index in [0.717, 1.165) is 12.8 Å². The van der Waals surface area contributed by atoms with Crippen LogP contribution in [-0.2, 0) is 0 Å². The van der Waals surface area contributed by atoms with Crippen LogP contribution in [0.1, 0.15) is 135 Å². The summed E-state index contributed by atoms with van der Waals surface area (Å²) in [4.78, 5) is 0. The van der Waals surface area contributed by atoms with E-state index in [0.29, 0.717) is 12.8 Å². The molecular formula is C24H51NO2. The van der Waals surface area contributed by atoms with Crippen molar-refractivity contribution in [2.75, 3.05) is 13.2 Å². The largest absolute Gasteiger partial charge is 0.396 e. The van der Waals surface area contributed by atoms with Crippen molar-refractivity contribution >= 4 is 0 Å². The third-order valence-corrected chi connectivity index (χ3v) is 6.00. The summed E-state index contributed by atoms with van der Waals surface area (Å²) in [5.74, 6) is 0. The number of rotatable bonds is 22. The molecule has 0 aromatic carbocycles. The van der Waals surface area contributed by atoms with E-state index < -0.39 is 0 Å². The Balaban J connectivity index is 3.25. The van der Waals surface area contributed by atoms with Gasteiger partial charge in [-0.3, -0.25) is 0 Å². The summed E-state index contributed by atoms with van der Waals surface area (Å²) in [6, 6.07) is 0. The highest BCUT2D eigenvalue weighted by atomic mass is 16.3. The molecule has 0 aromatic heterocycles. The van der Waals surface area contributed by atoms with E-state index in [4.69, 9.17) is 15.9 Å². The van der Waals surface area contributed by atoms with Gasteiger partial charge in [-0.2, -0.15) is 0 Å². The fourth-order valence-electron chi connectivity index (χ4n) is 4.02. The molecule has 0 aliphatic rings. The van der Waals surface area contributed by atoms with E-state index in [1.54, 1.807) is 0 Å². The second-order valence-electron chi connectivity index (χ2n) is 8.72. The van der Waals surface area contributed by atoms with Gasteiger partial charge in [0.15, 0.2) is 0 Å². The third-order valence-electron chi connectivity index (χ3n) is 6.00. The molecule has 0 rings (SSSR count). The Morgan fingerprint density at radius 2 is 0.778 bits per heavy atom. The van der Waals surface area contributed by atoms with Gasteiger partial charge in [0.05, 0.1) is 0 Å². The Labute approximate surface area is 170 Å². The van der Waals surface area contributed by atoms with Crippen molar-refractivity contribution in [3.05, 3.63) is 0 Å². The van der Waals surface area contributed by atoms with Crippen LogP contribution in [0, 0.1) is 0 Å². The molecule has 0 bridgehead atoms. The first-order chi connectivity index (χ1) is 13.2. The molecule has 0 fully saturated rings. The van der Waals surface area contributed by atoms with Crippen LogP contribution in [0.3, 0.4) is 0 Å². The molecule has 0 atom stereocenters. The van der Waals surface area contributed by atoms with Gasteiger partial charge in [0.1, 0.15) is 0 Å². The minimum Gasteiger partial charge on any atom is -0.396 e. The summed E-state index contributed by atoms with van der Waals surface area (Å²) in [5, 5.41) is 18.2. The minimum absolute atomic E-state index is 0.120. The Morgan fingerprint density at radius 1 is 0.481 bits per heavy atom. The average Bonchev–Trinajstić information content (AvgIpc) is 2.64. The molecule has 0 aliphatic carbocycles. The van der Waals surface area contributed by atoms with E-state index in [1.807, 2.05) is 0 Å². The average molecular weight is 386 g/mol. The Kier molecular flexibility index (Phi) is 20.5. The highest BCUT2D eigenvalue weighted by molar-refractivity contribution is 4.83. The van der Waals surface area contributed by atoms with E-state index in [1.165, 1.54) is 103 Å². The topological polar surface area (TPSA) is 66.5 Å². The van der Waals surface area contributed by atoms with Crippen LogP contribution in [0.25, 0.3) is 0 Å². The molecule has 0 saturated carbocycles. The normalized spacial score (nSPS) is 12.0. The van der Waals surface area contributed by atoms with Gasteiger partial charge in [-0.25, -0.2) is 0 Å². The monoisotopic (exact) mass is 385 g/mol. The summed E-state index contributed by atoms with van der Waals surface area (Å²) in [5.41, 5.74) is 5.90. The first-order valence-corrected chi connectivity index (χ1v) is 12.2. The summed E-state index contributed by atoms with van der Waals surface area (Å²) < 4.78 is 0. The molecule has 27 heavy (non-hydrogen) atoms. The molecule has 0 spiro atoms. The number of hydrogen-bond acceptors (Lipinski definition) is 3. The van der Waals surface area contributed by atoms with E-state index in [2.05, 4.69) is 6.92 Å². The maximum Gasteiger partial charge on any atom is 0.0448 e. The van der Waals surface area contributed by atoms with Gasteiger partial charge >= 0.3 is 0 Å². The SMILES string of the molecule is CCCCCCCCCCCCCCCCCCCC(N)(CCO)CCO. The van der Waals surface area contributed by atoms with Crippen molar-refractivity contribution in [3.63, 3.8) is 0 Å². The van der Waals surface area contributed by atoms with Gasteiger partial charge in [-0.05, 0) is 19.3 Å². The molecule has 0 amide bonds. The number of unbranched alkanes of at least 4 members (excludes halogenated alkanes) is 16. The number of aliphatic hydroxyl groups is 2. The lowest BCUT2D eigenvalue weighted by Crippen LogP contribution is -2.41. The van der Waals surface area contributed by atoms with Crippen LogP contribution in [0.2, 0.25) is 0 Å².